The molecule has 1 N–H and O–H groups in total. The number of amides is 2. The fourth-order valence-corrected chi connectivity index (χ4v) is 4.19. The monoisotopic (exact) mass is 479 g/mol. The summed E-state index contributed by atoms with van der Waals surface area (Å²) in [4.78, 5) is 29.4. The molecule has 1 fully saturated rings. The third-order valence-corrected chi connectivity index (χ3v) is 6.53. The average Bonchev–Trinajstić information content (AvgIpc) is 3.61. The van der Waals surface area contributed by atoms with Crippen LogP contribution in [0, 0.1) is 0 Å². The quantitative estimate of drug-likeness (QED) is 0.478. The van der Waals surface area contributed by atoms with Crippen molar-refractivity contribution < 1.29 is 19.1 Å². The van der Waals surface area contributed by atoms with Crippen molar-refractivity contribution in [3.05, 3.63) is 48.0 Å². The van der Waals surface area contributed by atoms with Crippen LogP contribution in [0.15, 0.2) is 42.5 Å². The second-order valence-corrected chi connectivity index (χ2v) is 9.48. The fraction of sp³-hybridized carbons (Fsp3) is 0.462. The van der Waals surface area contributed by atoms with Gasteiger partial charge in [0.05, 0.1) is 19.7 Å². The number of rotatable bonds is 10. The fourth-order valence-electron chi connectivity index (χ4n) is 4.19. The average molecular weight is 480 g/mol. The lowest BCUT2D eigenvalue weighted by Gasteiger charge is -2.35. The van der Waals surface area contributed by atoms with Gasteiger partial charge in [0.2, 0.25) is 11.8 Å². The van der Waals surface area contributed by atoms with Crippen molar-refractivity contribution in [2.75, 3.05) is 14.2 Å². The van der Waals surface area contributed by atoms with Crippen molar-refractivity contribution in [1.29, 1.82) is 0 Å². The van der Waals surface area contributed by atoms with Gasteiger partial charge < -0.3 is 19.7 Å². The van der Waals surface area contributed by atoms with Crippen molar-refractivity contribution in [2.24, 2.45) is 0 Å². The Kier molecular flexibility index (Phi) is 6.95. The number of nitrogens with one attached hydrogen (secondary N) is 1. The molecule has 1 saturated carbocycles. The summed E-state index contributed by atoms with van der Waals surface area (Å²) < 4.78 is 12.8. The Morgan fingerprint density at radius 1 is 1.14 bits per heavy atom. The summed E-state index contributed by atoms with van der Waals surface area (Å²) in [5.41, 5.74) is 1.62. The molecule has 1 aliphatic rings. The molecule has 1 atom stereocenters. The van der Waals surface area contributed by atoms with Gasteiger partial charge >= 0.3 is 0 Å². The van der Waals surface area contributed by atoms with E-state index >= 15 is 0 Å². The Morgan fingerprint density at radius 3 is 2.54 bits per heavy atom. The minimum Gasteiger partial charge on any atom is -0.493 e. The van der Waals surface area contributed by atoms with Gasteiger partial charge in [-0.1, -0.05) is 36.4 Å². The van der Waals surface area contributed by atoms with E-state index in [9.17, 15) is 9.59 Å². The molecule has 9 nitrogen and oxygen atoms in total. The van der Waals surface area contributed by atoms with E-state index in [0.29, 0.717) is 22.6 Å². The summed E-state index contributed by atoms with van der Waals surface area (Å²) in [5, 5.41) is 11.5. The van der Waals surface area contributed by atoms with Gasteiger partial charge in [0.1, 0.15) is 18.1 Å². The second-order valence-electron chi connectivity index (χ2n) is 9.48. The van der Waals surface area contributed by atoms with Crippen LogP contribution >= 0.6 is 0 Å². The van der Waals surface area contributed by atoms with Crippen LogP contribution in [0.5, 0.6) is 11.5 Å². The number of para-hydroxylation sites is 2. The molecule has 0 unspecified atom stereocenters. The van der Waals surface area contributed by atoms with E-state index in [4.69, 9.17) is 9.47 Å². The number of methoxy groups -OCH3 is 2. The Labute approximate surface area is 205 Å². The van der Waals surface area contributed by atoms with E-state index in [1.54, 1.807) is 22.8 Å². The summed E-state index contributed by atoms with van der Waals surface area (Å²) in [6.45, 7) is 5.93. The maximum absolute atomic E-state index is 13.8. The van der Waals surface area contributed by atoms with Crippen LogP contribution < -0.4 is 14.8 Å². The van der Waals surface area contributed by atoms with Crippen molar-refractivity contribution in [1.82, 2.24) is 25.2 Å². The molecule has 0 spiro atoms. The normalized spacial score (nSPS) is 14.4. The van der Waals surface area contributed by atoms with Crippen LogP contribution in [0.3, 0.4) is 0 Å². The van der Waals surface area contributed by atoms with E-state index in [2.05, 4.69) is 15.6 Å². The lowest BCUT2D eigenvalue weighted by Crippen LogP contribution is -2.51. The molecule has 4 rings (SSSR count). The van der Waals surface area contributed by atoms with E-state index in [0.717, 1.165) is 24.8 Å². The number of hydrogen-bond donors (Lipinski definition) is 1. The van der Waals surface area contributed by atoms with Gasteiger partial charge in [-0.25, -0.2) is 4.68 Å². The van der Waals surface area contributed by atoms with Gasteiger partial charge in [0, 0.05) is 17.1 Å². The minimum atomic E-state index is -0.888. The molecular formula is C26H33N5O4. The molecule has 0 radical (unpaired) electrons. The third-order valence-electron chi connectivity index (χ3n) is 6.53. The molecule has 1 aromatic heterocycles. The predicted molar refractivity (Wildman–Crippen MR) is 132 cm³/mol. The Balaban J connectivity index is 1.76. The van der Waals surface area contributed by atoms with E-state index < -0.39 is 11.6 Å². The van der Waals surface area contributed by atoms with Crippen LogP contribution in [0.25, 0.3) is 11.0 Å². The number of carbonyl (C=O) groups excluding carboxylic acids is 2. The van der Waals surface area contributed by atoms with Crippen LogP contribution in [0.2, 0.25) is 0 Å². The van der Waals surface area contributed by atoms with Gasteiger partial charge in [-0.05, 0) is 51.3 Å². The molecule has 9 heteroatoms. The lowest BCUT2D eigenvalue weighted by molar-refractivity contribution is -0.143. The highest BCUT2D eigenvalue weighted by molar-refractivity contribution is 5.90. The summed E-state index contributed by atoms with van der Waals surface area (Å²) in [6, 6.07) is 12.0. The first-order valence-corrected chi connectivity index (χ1v) is 11.9. The maximum Gasteiger partial charge on any atom is 0.248 e. The molecule has 1 heterocycles. The zero-order valence-electron chi connectivity index (χ0n) is 20.9. The summed E-state index contributed by atoms with van der Waals surface area (Å²) in [6.07, 6.45) is 2.40. The lowest BCUT2D eigenvalue weighted by atomic mass is 9.97. The standard InChI is InChI=1S/C26H33N5O4/c1-6-26(2,3)27-25(33)23(18-10-9-13-21(34-4)24(18)35-5)31(17-14-15-17)22(32)16-30-20-12-8-7-11-19(20)28-29-30/h7-13,17,23H,6,14-16H2,1-5H3,(H,27,33)/t23-/m1/s1. The molecule has 0 saturated heterocycles. The Morgan fingerprint density at radius 2 is 1.89 bits per heavy atom. The van der Waals surface area contributed by atoms with Crippen molar-refractivity contribution >= 4 is 22.8 Å². The molecule has 2 amide bonds. The second kappa shape index (κ2) is 9.93. The number of carbonyl (C=O) groups is 2. The van der Waals surface area contributed by atoms with E-state index in [-0.39, 0.29) is 24.4 Å². The summed E-state index contributed by atoms with van der Waals surface area (Å²) in [7, 11) is 3.09. The first-order valence-electron chi connectivity index (χ1n) is 11.9. The molecule has 0 bridgehead atoms. The number of aromatic nitrogens is 3. The van der Waals surface area contributed by atoms with Gasteiger partial charge in [0.15, 0.2) is 11.5 Å². The molecule has 186 valence electrons. The number of nitrogens with zero attached hydrogens (tertiary/aromatic N) is 4. The van der Waals surface area contributed by atoms with E-state index in [1.807, 2.05) is 57.2 Å². The topological polar surface area (TPSA) is 98.6 Å². The molecule has 0 aliphatic heterocycles. The SMILES string of the molecule is CCC(C)(C)NC(=O)[C@@H](c1cccc(OC)c1OC)N(C(=O)Cn1nnc2ccccc21)C1CC1. The highest BCUT2D eigenvalue weighted by Gasteiger charge is 2.43. The first kappa shape index (κ1) is 24.5. The molecule has 3 aromatic rings. The summed E-state index contributed by atoms with van der Waals surface area (Å²) in [5.74, 6) is 0.478. The van der Waals surface area contributed by atoms with Gasteiger partial charge in [-0.3, -0.25) is 9.59 Å². The highest BCUT2D eigenvalue weighted by atomic mass is 16.5. The smallest absolute Gasteiger partial charge is 0.248 e. The van der Waals surface area contributed by atoms with Crippen molar-refractivity contribution in [2.45, 2.75) is 64.2 Å². The Bertz CT molecular complexity index is 1220. The number of hydrogen-bond acceptors (Lipinski definition) is 6. The van der Waals surface area contributed by atoms with Gasteiger partial charge in [-0.15, -0.1) is 5.10 Å². The third kappa shape index (κ3) is 5.08. The van der Waals surface area contributed by atoms with Crippen LogP contribution in [-0.2, 0) is 16.1 Å². The largest absolute Gasteiger partial charge is 0.493 e. The number of benzene rings is 2. The molecule has 1 aliphatic carbocycles. The molecule has 2 aromatic carbocycles. The number of fused-ring (bicyclic) bond motifs is 1. The molecule has 35 heavy (non-hydrogen) atoms. The van der Waals surface area contributed by atoms with Crippen LogP contribution in [-0.4, -0.2) is 57.5 Å². The van der Waals surface area contributed by atoms with Crippen LogP contribution in [0.1, 0.15) is 51.6 Å². The summed E-state index contributed by atoms with van der Waals surface area (Å²) >= 11 is 0. The van der Waals surface area contributed by atoms with Gasteiger partial charge in [-0.2, -0.15) is 0 Å². The maximum atomic E-state index is 13.8. The zero-order valence-corrected chi connectivity index (χ0v) is 20.9. The first-order chi connectivity index (χ1) is 16.8. The van der Waals surface area contributed by atoms with Crippen molar-refractivity contribution in [3.63, 3.8) is 0 Å². The highest BCUT2D eigenvalue weighted by Crippen LogP contribution is 2.41. The van der Waals surface area contributed by atoms with Crippen molar-refractivity contribution in [3.8, 4) is 11.5 Å². The molecular weight excluding hydrogens is 446 g/mol. The van der Waals surface area contributed by atoms with Crippen LogP contribution in [0.4, 0.5) is 0 Å². The minimum absolute atomic E-state index is 0.0236. The number of ether oxygens (including phenoxy) is 2. The van der Waals surface area contributed by atoms with Gasteiger partial charge in [0.25, 0.3) is 0 Å². The predicted octanol–water partition coefficient (Wildman–Crippen LogP) is 3.49. The Hall–Kier alpha value is -3.62. The van der Waals surface area contributed by atoms with E-state index in [1.165, 1.54) is 7.11 Å². The zero-order chi connectivity index (χ0) is 25.2.